The van der Waals surface area contributed by atoms with Crippen molar-refractivity contribution in [2.24, 2.45) is 0 Å². The van der Waals surface area contributed by atoms with E-state index in [1.807, 2.05) is 0 Å². The quantitative estimate of drug-likeness (QED) is 0.488. The molecule has 0 saturated heterocycles. The van der Waals surface area contributed by atoms with Crippen molar-refractivity contribution in [1.82, 2.24) is 4.57 Å². The van der Waals surface area contributed by atoms with Gasteiger partial charge in [0.05, 0.1) is 17.6 Å². The summed E-state index contributed by atoms with van der Waals surface area (Å²) in [6, 6.07) is 5.24. The first-order valence-corrected chi connectivity index (χ1v) is 6.03. The standard InChI is InChI=1S/C14H13NO5/c16-2-1-15-13-9(3-7(17)5-11(13)19)10-4-8(18)6-12(20)14(10)15/h3-6,16-20H,1-2H2. The molecule has 6 nitrogen and oxygen atoms in total. The molecular formula is C14H13NO5. The molecule has 0 aliphatic rings. The molecule has 3 aromatic rings. The van der Waals surface area contributed by atoms with Crippen LogP contribution >= 0.6 is 0 Å². The molecule has 5 N–H and O–H groups in total. The second kappa shape index (κ2) is 4.21. The van der Waals surface area contributed by atoms with Gasteiger partial charge in [0.15, 0.2) is 0 Å². The maximum Gasteiger partial charge on any atom is 0.143 e. The van der Waals surface area contributed by atoms with Crippen molar-refractivity contribution in [2.45, 2.75) is 6.54 Å². The molecule has 0 aliphatic carbocycles. The monoisotopic (exact) mass is 275 g/mol. The number of hydrogen-bond donors (Lipinski definition) is 5. The van der Waals surface area contributed by atoms with Crippen molar-refractivity contribution in [3.05, 3.63) is 24.3 Å². The van der Waals surface area contributed by atoms with Gasteiger partial charge in [0.25, 0.3) is 0 Å². The molecule has 2 aromatic carbocycles. The molecule has 0 bridgehead atoms. The first kappa shape index (κ1) is 12.4. The van der Waals surface area contributed by atoms with Crippen LogP contribution in [0.2, 0.25) is 0 Å². The van der Waals surface area contributed by atoms with Crippen LogP contribution in [0.5, 0.6) is 23.0 Å². The van der Waals surface area contributed by atoms with E-state index in [4.69, 9.17) is 5.11 Å². The second-order valence-electron chi connectivity index (χ2n) is 4.60. The number of phenolic OH excluding ortho intramolecular Hbond substituents is 4. The molecule has 1 aromatic heterocycles. The molecule has 0 unspecified atom stereocenters. The number of aliphatic hydroxyl groups excluding tert-OH is 1. The average molecular weight is 275 g/mol. The lowest BCUT2D eigenvalue weighted by Crippen LogP contribution is -2.01. The summed E-state index contributed by atoms with van der Waals surface area (Å²) in [6.45, 7) is -0.0177. The molecule has 0 atom stereocenters. The Kier molecular flexibility index (Phi) is 2.62. The van der Waals surface area contributed by atoms with Gasteiger partial charge in [0.1, 0.15) is 23.0 Å². The third kappa shape index (κ3) is 1.62. The molecule has 1 heterocycles. The highest BCUT2D eigenvalue weighted by Crippen LogP contribution is 2.41. The van der Waals surface area contributed by atoms with Crippen molar-refractivity contribution in [2.75, 3.05) is 6.61 Å². The zero-order chi connectivity index (χ0) is 14.4. The Balaban J connectivity index is 2.59. The Hall–Kier alpha value is -2.60. The topological polar surface area (TPSA) is 106 Å². The lowest BCUT2D eigenvalue weighted by Gasteiger charge is -2.07. The zero-order valence-corrected chi connectivity index (χ0v) is 10.4. The lowest BCUT2D eigenvalue weighted by atomic mass is 10.1. The summed E-state index contributed by atoms with van der Waals surface area (Å²) in [5, 5.41) is 49.4. The Bertz CT molecular complexity index is 756. The number of fused-ring (bicyclic) bond motifs is 3. The summed E-state index contributed by atoms with van der Waals surface area (Å²) >= 11 is 0. The largest absolute Gasteiger partial charge is 0.508 e. The zero-order valence-electron chi connectivity index (χ0n) is 10.4. The number of hydrogen-bond acceptors (Lipinski definition) is 5. The summed E-state index contributed by atoms with van der Waals surface area (Å²) in [5.41, 5.74) is 0.764. The molecule has 0 amide bonds. The van der Waals surface area contributed by atoms with Gasteiger partial charge in [-0.2, -0.15) is 0 Å². The Morgan fingerprint density at radius 2 is 1.20 bits per heavy atom. The molecule has 0 aliphatic heterocycles. The summed E-state index contributed by atoms with van der Waals surface area (Å²) < 4.78 is 1.55. The molecule has 0 spiro atoms. The Labute approximate surface area is 113 Å². The fraction of sp³-hybridized carbons (Fsp3) is 0.143. The minimum atomic E-state index is -0.181. The average Bonchev–Trinajstić information content (AvgIpc) is 2.64. The first-order chi connectivity index (χ1) is 9.52. The van der Waals surface area contributed by atoms with Crippen LogP contribution in [0.3, 0.4) is 0 Å². The van der Waals surface area contributed by atoms with Gasteiger partial charge < -0.3 is 30.1 Å². The van der Waals surface area contributed by atoms with E-state index in [9.17, 15) is 20.4 Å². The van der Waals surface area contributed by atoms with E-state index >= 15 is 0 Å². The molecule has 0 radical (unpaired) electrons. The molecule has 20 heavy (non-hydrogen) atoms. The third-order valence-corrected chi connectivity index (χ3v) is 3.30. The van der Waals surface area contributed by atoms with E-state index in [0.29, 0.717) is 21.8 Å². The van der Waals surface area contributed by atoms with E-state index < -0.39 is 0 Å². The van der Waals surface area contributed by atoms with E-state index in [1.54, 1.807) is 4.57 Å². The van der Waals surface area contributed by atoms with Crippen molar-refractivity contribution in [3.63, 3.8) is 0 Å². The number of rotatable bonds is 2. The van der Waals surface area contributed by atoms with Crippen molar-refractivity contribution < 1.29 is 25.5 Å². The smallest absolute Gasteiger partial charge is 0.143 e. The number of benzene rings is 2. The maximum atomic E-state index is 10.0. The predicted molar refractivity (Wildman–Crippen MR) is 73.2 cm³/mol. The van der Waals surface area contributed by atoms with Gasteiger partial charge in [0, 0.05) is 29.4 Å². The van der Waals surface area contributed by atoms with Crippen LogP contribution in [-0.4, -0.2) is 36.7 Å². The van der Waals surface area contributed by atoms with Crippen LogP contribution in [0.15, 0.2) is 24.3 Å². The third-order valence-electron chi connectivity index (χ3n) is 3.30. The van der Waals surface area contributed by atoms with Gasteiger partial charge in [-0.3, -0.25) is 0 Å². The van der Waals surface area contributed by atoms with Crippen LogP contribution in [0.4, 0.5) is 0 Å². The predicted octanol–water partition coefficient (Wildman–Crippen LogP) is 1.61. The molecule has 0 fully saturated rings. The van der Waals surface area contributed by atoms with Crippen molar-refractivity contribution in [1.29, 1.82) is 0 Å². The van der Waals surface area contributed by atoms with Crippen LogP contribution in [0.25, 0.3) is 21.8 Å². The van der Waals surface area contributed by atoms with Crippen molar-refractivity contribution >= 4 is 21.8 Å². The Morgan fingerprint density at radius 3 is 1.60 bits per heavy atom. The van der Waals surface area contributed by atoms with Gasteiger partial charge in [0.2, 0.25) is 0 Å². The fourth-order valence-corrected chi connectivity index (χ4v) is 2.62. The number of aromatic hydroxyl groups is 4. The lowest BCUT2D eigenvalue weighted by molar-refractivity contribution is 0.279. The summed E-state index contributed by atoms with van der Waals surface area (Å²) in [7, 11) is 0. The van der Waals surface area contributed by atoms with Crippen LogP contribution in [-0.2, 0) is 6.54 Å². The summed E-state index contributed by atoms with van der Waals surface area (Å²) in [4.78, 5) is 0. The summed E-state index contributed by atoms with van der Waals surface area (Å²) in [5.74, 6) is -0.575. The molecule has 0 saturated carbocycles. The minimum absolute atomic E-state index is 0.124. The summed E-state index contributed by atoms with van der Waals surface area (Å²) in [6.07, 6.45) is 0. The van der Waals surface area contributed by atoms with E-state index in [1.165, 1.54) is 24.3 Å². The molecule has 3 rings (SSSR count). The normalized spacial score (nSPS) is 11.4. The second-order valence-corrected chi connectivity index (χ2v) is 4.60. The van der Waals surface area contributed by atoms with E-state index in [2.05, 4.69) is 0 Å². The molecule has 104 valence electrons. The fourth-order valence-electron chi connectivity index (χ4n) is 2.62. The number of aromatic nitrogens is 1. The van der Waals surface area contributed by atoms with Crippen LogP contribution < -0.4 is 0 Å². The Morgan fingerprint density at radius 1 is 0.750 bits per heavy atom. The highest BCUT2D eigenvalue weighted by molar-refractivity contribution is 6.12. The van der Waals surface area contributed by atoms with Crippen molar-refractivity contribution in [3.8, 4) is 23.0 Å². The highest BCUT2D eigenvalue weighted by Gasteiger charge is 2.18. The molecular weight excluding hydrogens is 262 g/mol. The van der Waals surface area contributed by atoms with E-state index in [0.717, 1.165) is 0 Å². The van der Waals surface area contributed by atoms with Gasteiger partial charge in [-0.1, -0.05) is 0 Å². The maximum absolute atomic E-state index is 10.0. The van der Waals surface area contributed by atoms with Crippen LogP contribution in [0, 0.1) is 0 Å². The molecule has 6 heteroatoms. The van der Waals surface area contributed by atoms with Crippen LogP contribution in [0.1, 0.15) is 0 Å². The van der Waals surface area contributed by atoms with Gasteiger partial charge >= 0.3 is 0 Å². The number of aliphatic hydroxyl groups is 1. The van der Waals surface area contributed by atoms with Gasteiger partial charge in [-0.25, -0.2) is 0 Å². The minimum Gasteiger partial charge on any atom is -0.508 e. The first-order valence-electron chi connectivity index (χ1n) is 6.03. The van der Waals surface area contributed by atoms with E-state index in [-0.39, 0.29) is 36.1 Å². The highest BCUT2D eigenvalue weighted by atomic mass is 16.3. The van der Waals surface area contributed by atoms with Gasteiger partial charge in [-0.05, 0) is 12.1 Å². The SMILES string of the molecule is OCCn1c2c(O)cc(O)cc2c2cc(O)cc(O)c21. The number of nitrogens with zero attached hydrogens (tertiary/aromatic N) is 1. The number of phenols is 4. The van der Waals surface area contributed by atoms with Gasteiger partial charge in [-0.15, -0.1) is 0 Å².